The molecule has 0 bridgehead atoms. The van der Waals surface area contributed by atoms with Crippen LogP contribution in [0.4, 0.5) is 0 Å². The van der Waals surface area contributed by atoms with E-state index in [0.29, 0.717) is 6.04 Å². The number of rotatable bonds is 5. The molecule has 0 radical (unpaired) electrons. The Labute approximate surface area is 104 Å². The van der Waals surface area contributed by atoms with Crippen molar-refractivity contribution < 1.29 is 4.74 Å². The van der Waals surface area contributed by atoms with Crippen molar-refractivity contribution in [3.05, 3.63) is 47.7 Å². The molecule has 1 unspecified atom stereocenters. The highest BCUT2D eigenvalue weighted by Gasteiger charge is 2.16. The molecule has 1 N–H and O–H groups in total. The Morgan fingerprint density at radius 2 is 2.12 bits per heavy atom. The Hall–Kier alpha value is -1.28. The maximum absolute atomic E-state index is 5.45. The van der Waals surface area contributed by atoms with Crippen LogP contribution in [0.25, 0.3) is 0 Å². The highest BCUT2D eigenvalue weighted by atomic mass is 16.5. The third-order valence-electron chi connectivity index (χ3n) is 3.14. The number of ether oxygens (including phenoxy) is 1. The lowest BCUT2D eigenvalue weighted by molar-refractivity contribution is 0.219. The van der Waals surface area contributed by atoms with Gasteiger partial charge in [-0.1, -0.05) is 37.3 Å². The van der Waals surface area contributed by atoms with Gasteiger partial charge in [0.15, 0.2) is 0 Å². The molecular weight excluding hydrogens is 210 g/mol. The first-order chi connectivity index (χ1) is 8.40. The Kier molecular flexibility index (Phi) is 4.63. The summed E-state index contributed by atoms with van der Waals surface area (Å²) in [5.41, 5.74) is 2.78. The maximum Gasteiger partial charge on any atom is 0.0876 e. The highest BCUT2D eigenvalue weighted by molar-refractivity contribution is 5.21. The maximum atomic E-state index is 5.45. The van der Waals surface area contributed by atoms with Gasteiger partial charge in [0.1, 0.15) is 0 Å². The van der Waals surface area contributed by atoms with Crippen LogP contribution in [-0.2, 0) is 11.2 Å². The predicted octanol–water partition coefficient (Wildman–Crippen LogP) is 2.90. The van der Waals surface area contributed by atoms with Crippen molar-refractivity contribution in [2.45, 2.75) is 32.2 Å². The molecule has 1 heterocycles. The SMILES string of the molecule is CCNC(Cc1ccccc1)C1=COCCC1. The second kappa shape index (κ2) is 6.45. The first-order valence-electron chi connectivity index (χ1n) is 6.48. The molecule has 1 aromatic rings. The van der Waals surface area contributed by atoms with Crippen LogP contribution in [0.3, 0.4) is 0 Å². The summed E-state index contributed by atoms with van der Waals surface area (Å²) in [7, 11) is 0. The van der Waals surface area contributed by atoms with Gasteiger partial charge in [0.2, 0.25) is 0 Å². The normalized spacial score (nSPS) is 17.1. The summed E-state index contributed by atoms with van der Waals surface area (Å²) in [5.74, 6) is 0. The topological polar surface area (TPSA) is 21.3 Å². The highest BCUT2D eigenvalue weighted by Crippen LogP contribution is 2.18. The fourth-order valence-corrected chi connectivity index (χ4v) is 2.27. The molecule has 2 rings (SSSR count). The van der Waals surface area contributed by atoms with Gasteiger partial charge in [0.25, 0.3) is 0 Å². The first kappa shape index (κ1) is 12.2. The fourth-order valence-electron chi connectivity index (χ4n) is 2.27. The van der Waals surface area contributed by atoms with E-state index in [2.05, 4.69) is 42.6 Å². The van der Waals surface area contributed by atoms with Gasteiger partial charge in [-0.05, 0) is 36.9 Å². The van der Waals surface area contributed by atoms with E-state index in [4.69, 9.17) is 4.74 Å². The molecule has 0 amide bonds. The van der Waals surface area contributed by atoms with Crippen molar-refractivity contribution >= 4 is 0 Å². The molecule has 92 valence electrons. The van der Waals surface area contributed by atoms with Gasteiger partial charge < -0.3 is 10.1 Å². The van der Waals surface area contributed by atoms with Gasteiger partial charge in [-0.15, -0.1) is 0 Å². The van der Waals surface area contributed by atoms with E-state index in [1.165, 1.54) is 11.1 Å². The van der Waals surface area contributed by atoms with Crippen LogP contribution in [0.5, 0.6) is 0 Å². The molecule has 0 saturated carbocycles. The summed E-state index contributed by atoms with van der Waals surface area (Å²) in [5, 5.41) is 3.55. The van der Waals surface area contributed by atoms with Crippen molar-refractivity contribution in [2.75, 3.05) is 13.2 Å². The van der Waals surface area contributed by atoms with E-state index in [0.717, 1.165) is 32.4 Å². The molecule has 1 aliphatic rings. The third kappa shape index (κ3) is 3.60. The first-order valence-corrected chi connectivity index (χ1v) is 6.48. The molecule has 1 atom stereocenters. The van der Waals surface area contributed by atoms with E-state index in [1.54, 1.807) is 0 Å². The number of hydrogen-bond donors (Lipinski definition) is 1. The second-order valence-electron chi connectivity index (χ2n) is 4.47. The van der Waals surface area contributed by atoms with Crippen LogP contribution in [-0.4, -0.2) is 19.2 Å². The monoisotopic (exact) mass is 231 g/mol. The summed E-state index contributed by atoms with van der Waals surface area (Å²) in [6, 6.07) is 11.1. The average Bonchev–Trinajstić information content (AvgIpc) is 2.40. The molecule has 0 aliphatic carbocycles. The Bertz CT molecular complexity index is 358. The van der Waals surface area contributed by atoms with Crippen LogP contribution in [0.2, 0.25) is 0 Å². The van der Waals surface area contributed by atoms with Crippen LogP contribution in [0, 0.1) is 0 Å². The molecule has 0 spiro atoms. The van der Waals surface area contributed by atoms with Gasteiger partial charge in [0, 0.05) is 6.04 Å². The number of benzene rings is 1. The van der Waals surface area contributed by atoms with Crippen LogP contribution in [0.15, 0.2) is 42.2 Å². The summed E-state index contributed by atoms with van der Waals surface area (Å²) in [6.45, 7) is 4.02. The number of likely N-dealkylation sites (N-methyl/N-ethyl adjacent to an activating group) is 1. The quantitative estimate of drug-likeness (QED) is 0.841. The van der Waals surface area contributed by atoms with Crippen molar-refractivity contribution in [1.82, 2.24) is 5.32 Å². The van der Waals surface area contributed by atoms with Crippen molar-refractivity contribution in [3.63, 3.8) is 0 Å². The van der Waals surface area contributed by atoms with Gasteiger partial charge in [-0.3, -0.25) is 0 Å². The lowest BCUT2D eigenvalue weighted by Gasteiger charge is -2.24. The van der Waals surface area contributed by atoms with Crippen molar-refractivity contribution in [2.24, 2.45) is 0 Å². The van der Waals surface area contributed by atoms with Crippen molar-refractivity contribution in [3.8, 4) is 0 Å². The molecule has 0 saturated heterocycles. The number of hydrogen-bond acceptors (Lipinski definition) is 2. The smallest absolute Gasteiger partial charge is 0.0876 e. The van der Waals surface area contributed by atoms with Gasteiger partial charge in [-0.2, -0.15) is 0 Å². The molecule has 1 aromatic carbocycles. The Balaban J connectivity index is 2.04. The minimum absolute atomic E-state index is 0.419. The zero-order chi connectivity index (χ0) is 11.9. The Morgan fingerprint density at radius 3 is 2.76 bits per heavy atom. The van der Waals surface area contributed by atoms with Gasteiger partial charge >= 0.3 is 0 Å². The standard InChI is InChI=1S/C15H21NO/c1-2-16-15(14-9-6-10-17-12-14)11-13-7-4-3-5-8-13/h3-5,7-8,12,15-16H,2,6,9-11H2,1H3. The zero-order valence-electron chi connectivity index (χ0n) is 10.5. The molecule has 17 heavy (non-hydrogen) atoms. The summed E-state index contributed by atoms with van der Waals surface area (Å²) in [6.07, 6.45) is 5.30. The largest absolute Gasteiger partial charge is 0.501 e. The van der Waals surface area contributed by atoms with Crippen LogP contribution >= 0.6 is 0 Å². The Morgan fingerprint density at radius 1 is 1.29 bits per heavy atom. The summed E-state index contributed by atoms with van der Waals surface area (Å²) >= 11 is 0. The van der Waals surface area contributed by atoms with Crippen LogP contribution in [0.1, 0.15) is 25.3 Å². The molecule has 1 aliphatic heterocycles. The minimum atomic E-state index is 0.419. The molecule has 2 nitrogen and oxygen atoms in total. The third-order valence-corrected chi connectivity index (χ3v) is 3.14. The van der Waals surface area contributed by atoms with E-state index in [-0.39, 0.29) is 0 Å². The number of nitrogens with one attached hydrogen (secondary N) is 1. The summed E-state index contributed by atoms with van der Waals surface area (Å²) in [4.78, 5) is 0. The second-order valence-corrected chi connectivity index (χ2v) is 4.47. The van der Waals surface area contributed by atoms with E-state index in [1.807, 2.05) is 6.26 Å². The van der Waals surface area contributed by atoms with Crippen molar-refractivity contribution in [1.29, 1.82) is 0 Å². The molecule has 0 aromatic heterocycles. The average molecular weight is 231 g/mol. The van der Waals surface area contributed by atoms with E-state index >= 15 is 0 Å². The molecule has 0 fully saturated rings. The molecule has 2 heteroatoms. The lowest BCUT2D eigenvalue weighted by atomic mass is 9.95. The lowest BCUT2D eigenvalue weighted by Crippen LogP contribution is -2.33. The van der Waals surface area contributed by atoms with E-state index < -0.39 is 0 Å². The van der Waals surface area contributed by atoms with Gasteiger partial charge in [-0.25, -0.2) is 0 Å². The minimum Gasteiger partial charge on any atom is -0.501 e. The van der Waals surface area contributed by atoms with Gasteiger partial charge in [0.05, 0.1) is 12.9 Å². The zero-order valence-corrected chi connectivity index (χ0v) is 10.5. The molecular formula is C15H21NO. The van der Waals surface area contributed by atoms with E-state index in [9.17, 15) is 0 Å². The van der Waals surface area contributed by atoms with Crippen LogP contribution < -0.4 is 5.32 Å². The summed E-state index contributed by atoms with van der Waals surface area (Å²) < 4.78 is 5.45. The fraction of sp³-hybridized carbons (Fsp3) is 0.467. The predicted molar refractivity (Wildman–Crippen MR) is 70.9 cm³/mol.